The van der Waals surface area contributed by atoms with Crippen LogP contribution < -0.4 is 15.6 Å². The minimum Gasteiger partial charge on any atom is -0.477 e. The molecule has 1 aliphatic carbocycles. The second-order valence-electron chi connectivity index (χ2n) is 11.6. The van der Waals surface area contributed by atoms with Gasteiger partial charge in [0.2, 0.25) is 11.7 Å². The highest BCUT2D eigenvalue weighted by atomic mass is 19.1. The van der Waals surface area contributed by atoms with Crippen molar-refractivity contribution >= 4 is 40.5 Å². The van der Waals surface area contributed by atoms with E-state index in [2.05, 4.69) is 5.32 Å². The number of piperazine rings is 1. The Bertz CT molecular complexity index is 1680. The molecule has 2 atom stereocenters. The largest absolute Gasteiger partial charge is 0.477 e. The van der Waals surface area contributed by atoms with Crippen molar-refractivity contribution in [2.24, 2.45) is 5.92 Å². The Balaban J connectivity index is 1.20. The Morgan fingerprint density at radius 1 is 0.978 bits per heavy atom. The molecule has 1 saturated carbocycles. The van der Waals surface area contributed by atoms with Gasteiger partial charge in [0.05, 0.1) is 11.2 Å². The van der Waals surface area contributed by atoms with Crippen LogP contribution in [0.25, 0.3) is 10.9 Å². The van der Waals surface area contributed by atoms with E-state index in [9.17, 15) is 29.1 Å². The van der Waals surface area contributed by atoms with Gasteiger partial charge in [0.1, 0.15) is 17.4 Å². The summed E-state index contributed by atoms with van der Waals surface area (Å²) >= 11 is 0. The van der Waals surface area contributed by atoms with Gasteiger partial charge in [-0.1, -0.05) is 32.0 Å². The predicted molar refractivity (Wildman–Crippen MR) is 162 cm³/mol. The molecule has 12 nitrogen and oxygen atoms in total. The minimum atomic E-state index is -1.36. The number of amides is 2. The summed E-state index contributed by atoms with van der Waals surface area (Å²) in [5.41, 5.74) is -0.0403. The first-order valence-electron chi connectivity index (χ1n) is 14.8. The number of aromatic nitrogens is 1. The predicted octanol–water partition coefficient (Wildman–Crippen LogP) is 3.78. The molecule has 2 aliphatic rings. The van der Waals surface area contributed by atoms with Gasteiger partial charge in [0.15, 0.2) is 0 Å². The lowest BCUT2D eigenvalue weighted by Gasteiger charge is -2.36. The zero-order valence-electron chi connectivity index (χ0n) is 25.2. The fourth-order valence-corrected chi connectivity index (χ4v) is 5.33. The summed E-state index contributed by atoms with van der Waals surface area (Å²) in [4.78, 5) is 65.8. The number of esters is 1. The summed E-state index contributed by atoms with van der Waals surface area (Å²) in [6, 6.07) is 10.2. The smallest absolute Gasteiger partial charge is 0.412 e. The zero-order chi connectivity index (χ0) is 32.4. The molecule has 2 aromatic carbocycles. The van der Waals surface area contributed by atoms with Crippen molar-refractivity contribution in [3.63, 3.8) is 0 Å². The summed E-state index contributed by atoms with van der Waals surface area (Å²) in [5, 5.41) is 12.1. The van der Waals surface area contributed by atoms with Gasteiger partial charge >= 0.3 is 18.0 Å². The van der Waals surface area contributed by atoms with Crippen LogP contribution in [0.5, 0.6) is 0 Å². The van der Waals surface area contributed by atoms with Crippen molar-refractivity contribution in [2.75, 3.05) is 31.1 Å². The minimum absolute atomic E-state index is 0.00753. The normalized spacial score (nSPS) is 16.3. The number of carbonyl (C=O) groups is 4. The van der Waals surface area contributed by atoms with E-state index in [1.165, 1.54) is 18.0 Å². The van der Waals surface area contributed by atoms with Gasteiger partial charge < -0.3 is 34.3 Å². The van der Waals surface area contributed by atoms with Gasteiger partial charge in [-0.05, 0) is 43.0 Å². The van der Waals surface area contributed by atoms with E-state index in [0.29, 0.717) is 11.1 Å². The number of hydrogen-bond donors (Lipinski definition) is 2. The first kappa shape index (κ1) is 31.5. The number of ether oxygens (including phenoxy) is 2. The molecule has 0 spiro atoms. The van der Waals surface area contributed by atoms with Crippen LogP contribution in [0.4, 0.5) is 14.9 Å². The number of nitrogens with zero attached hydrogens (tertiary/aromatic N) is 3. The van der Waals surface area contributed by atoms with E-state index in [1.807, 2.05) is 0 Å². The molecule has 2 fully saturated rings. The fraction of sp³-hybridized carbons (Fsp3) is 0.406. The van der Waals surface area contributed by atoms with Gasteiger partial charge in [-0.3, -0.25) is 9.59 Å². The highest BCUT2D eigenvalue weighted by Crippen LogP contribution is 2.38. The number of carboxylic acids is 1. The maximum absolute atomic E-state index is 15.3. The van der Waals surface area contributed by atoms with Crippen LogP contribution in [-0.4, -0.2) is 77.0 Å². The van der Waals surface area contributed by atoms with Gasteiger partial charge in [-0.25, -0.2) is 18.8 Å². The molecule has 5 rings (SSSR count). The molecule has 3 aromatic rings. The van der Waals surface area contributed by atoms with Crippen molar-refractivity contribution < 1.29 is 38.1 Å². The lowest BCUT2D eigenvalue weighted by molar-refractivity contribution is -0.169. The van der Waals surface area contributed by atoms with E-state index in [0.717, 1.165) is 18.9 Å². The molecule has 13 heteroatoms. The molecule has 0 radical (unpaired) electrons. The van der Waals surface area contributed by atoms with Crippen LogP contribution in [0.15, 0.2) is 53.5 Å². The van der Waals surface area contributed by atoms with E-state index >= 15 is 4.39 Å². The summed E-state index contributed by atoms with van der Waals surface area (Å²) in [7, 11) is 0. The average Bonchev–Trinajstić information content (AvgIpc) is 3.85. The first-order valence-corrected chi connectivity index (χ1v) is 14.8. The monoisotopic (exact) mass is 622 g/mol. The van der Waals surface area contributed by atoms with E-state index in [1.54, 1.807) is 59.7 Å². The lowest BCUT2D eigenvalue weighted by Crippen LogP contribution is -2.50. The average molecular weight is 623 g/mol. The van der Waals surface area contributed by atoms with Crippen LogP contribution in [0.3, 0.4) is 0 Å². The number of carbonyl (C=O) groups excluding carboxylic acids is 3. The molecule has 1 aromatic heterocycles. The maximum Gasteiger partial charge on any atom is 0.412 e. The van der Waals surface area contributed by atoms with Gasteiger partial charge in [0, 0.05) is 56.3 Å². The SMILES string of the molecule is CC(OC(=O)[C@@H](NC(=O)c1ccccc1)C(C)C)OC(=O)N1CCN(c2cc3c(cc2F)c(=O)c(C(=O)O)cn3C2CC2)CC1. The highest BCUT2D eigenvalue weighted by Gasteiger charge is 2.31. The number of aromatic carboxylic acids is 1. The number of carboxylic acid groups (broad SMARTS) is 1. The fourth-order valence-electron chi connectivity index (χ4n) is 5.33. The Hall–Kier alpha value is -4.94. The number of nitrogens with one attached hydrogen (secondary N) is 1. The van der Waals surface area contributed by atoms with Crippen LogP contribution in [0.1, 0.15) is 60.4 Å². The van der Waals surface area contributed by atoms with Crippen LogP contribution in [-0.2, 0) is 14.3 Å². The Labute approximate surface area is 258 Å². The molecule has 1 saturated heterocycles. The third-order valence-corrected chi connectivity index (χ3v) is 7.94. The summed E-state index contributed by atoms with van der Waals surface area (Å²) < 4.78 is 27.7. The number of rotatable bonds is 9. The van der Waals surface area contributed by atoms with Crippen LogP contribution in [0.2, 0.25) is 0 Å². The molecule has 2 amide bonds. The molecule has 2 heterocycles. The van der Waals surface area contributed by atoms with Crippen molar-refractivity contribution in [2.45, 2.75) is 52.0 Å². The molecule has 45 heavy (non-hydrogen) atoms. The van der Waals surface area contributed by atoms with Gasteiger partial charge in [0.25, 0.3) is 5.91 Å². The number of halogens is 1. The topological polar surface area (TPSA) is 147 Å². The third kappa shape index (κ3) is 6.92. The number of hydrogen-bond acceptors (Lipinski definition) is 8. The number of anilines is 1. The Morgan fingerprint density at radius 2 is 1.64 bits per heavy atom. The van der Waals surface area contributed by atoms with Crippen LogP contribution in [0, 0.1) is 11.7 Å². The van der Waals surface area contributed by atoms with Gasteiger partial charge in [-0.2, -0.15) is 0 Å². The number of benzene rings is 2. The van der Waals surface area contributed by atoms with Crippen LogP contribution >= 0.6 is 0 Å². The van der Waals surface area contributed by atoms with E-state index in [4.69, 9.17) is 9.47 Å². The summed E-state index contributed by atoms with van der Waals surface area (Å²) in [6.07, 6.45) is 1.05. The Morgan fingerprint density at radius 3 is 2.24 bits per heavy atom. The second-order valence-corrected chi connectivity index (χ2v) is 11.6. The molecule has 238 valence electrons. The molecule has 2 N–H and O–H groups in total. The first-order chi connectivity index (χ1) is 21.4. The third-order valence-electron chi connectivity index (χ3n) is 7.94. The summed E-state index contributed by atoms with van der Waals surface area (Å²) in [6.45, 7) is 5.80. The quantitative estimate of drug-likeness (QED) is 0.269. The van der Waals surface area contributed by atoms with Crippen molar-refractivity contribution in [3.8, 4) is 0 Å². The highest BCUT2D eigenvalue weighted by molar-refractivity contribution is 5.97. The second kappa shape index (κ2) is 13.0. The molecule has 0 bridgehead atoms. The van der Waals surface area contributed by atoms with E-state index in [-0.39, 0.29) is 49.2 Å². The Kier molecular flexibility index (Phi) is 9.07. The van der Waals surface area contributed by atoms with Gasteiger partial charge in [-0.15, -0.1) is 0 Å². The zero-order valence-corrected chi connectivity index (χ0v) is 25.2. The molecular formula is C32H35FN4O8. The molecular weight excluding hydrogens is 587 g/mol. The number of pyridine rings is 1. The lowest BCUT2D eigenvalue weighted by atomic mass is 10.0. The standard InChI is InChI=1S/C32H35FN4O8/c1-18(2)27(34-29(39)20-7-5-4-6-8-20)31(42)44-19(3)45-32(43)36-13-11-35(12-14-36)26-16-25-22(15-24(26)33)28(38)23(30(40)41)17-37(25)21-9-10-21/h4-8,15-19,21,27H,9-14H2,1-3H3,(H,34,39)(H,40,41)/t19?,27-/m0/s1. The number of fused-ring (bicyclic) bond motifs is 1. The molecule has 1 unspecified atom stereocenters. The maximum atomic E-state index is 15.3. The van der Waals surface area contributed by atoms with Crippen molar-refractivity contribution in [1.29, 1.82) is 0 Å². The van der Waals surface area contributed by atoms with E-state index < -0.39 is 53.1 Å². The van der Waals surface area contributed by atoms with Crippen molar-refractivity contribution in [1.82, 2.24) is 14.8 Å². The van der Waals surface area contributed by atoms with Crippen molar-refractivity contribution in [3.05, 3.63) is 75.8 Å². The summed E-state index contributed by atoms with van der Waals surface area (Å²) in [5.74, 6) is -3.50. The molecule has 1 aliphatic heterocycles.